The number of aryl methyl sites for hydroxylation is 12. The first-order valence-corrected chi connectivity index (χ1v) is 29.1. The second kappa shape index (κ2) is 31.8. The van der Waals surface area contributed by atoms with Crippen LogP contribution in [0, 0.1) is 48.5 Å². The zero-order chi connectivity index (χ0) is 70.2. The summed E-state index contributed by atoms with van der Waals surface area (Å²) in [5, 5.41) is 22.1. The van der Waals surface area contributed by atoms with Crippen molar-refractivity contribution < 1.29 is 28.4 Å². The molecule has 6 N–H and O–H groups in total. The Morgan fingerprint density at radius 1 is 0.417 bits per heavy atom. The molecule has 0 saturated heterocycles. The molecule has 12 heterocycles. The maximum atomic E-state index is 11.6. The number of ether oxygens (including phenoxy) is 6. The van der Waals surface area contributed by atoms with E-state index in [0.29, 0.717) is 97.6 Å². The first-order chi connectivity index (χ1) is 45.7. The zero-order valence-corrected chi connectivity index (χ0v) is 56.3. The van der Waals surface area contributed by atoms with Crippen LogP contribution in [0.1, 0.15) is 39.2 Å². The van der Waals surface area contributed by atoms with Gasteiger partial charge in [0.2, 0.25) is 34.5 Å². The maximum Gasteiger partial charge on any atom is 0.293 e. The van der Waals surface area contributed by atoms with E-state index in [1.165, 1.54) is 69.6 Å². The van der Waals surface area contributed by atoms with Gasteiger partial charge in [0.1, 0.15) is 34.2 Å². The molecule has 0 atom stereocenters. The fourth-order valence-electron chi connectivity index (χ4n) is 8.71. The van der Waals surface area contributed by atoms with Crippen molar-refractivity contribution in [3.63, 3.8) is 0 Å². The van der Waals surface area contributed by atoms with Gasteiger partial charge in [-0.1, -0.05) is 10.4 Å². The molecule has 0 unspecified atom stereocenters. The molecule has 96 heavy (non-hydrogen) atoms. The van der Waals surface area contributed by atoms with E-state index in [0.717, 1.165) is 10.7 Å². The van der Waals surface area contributed by atoms with Crippen molar-refractivity contribution >= 4 is 11.3 Å². The van der Waals surface area contributed by atoms with Gasteiger partial charge >= 0.3 is 0 Å². The molecule has 0 spiro atoms. The minimum atomic E-state index is -0.323. The topological polar surface area (TPSA) is 458 Å². The summed E-state index contributed by atoms with van der Waals surface area (Å²) in [6, 6.07) is 1.78. The molecule has 0 saturated carbocycles. The third-order valence-electron chi connectivity index (χ3n) is 13.1. The Morgan fingerprint density at radius 2 is 0.812 bits per heavy atom. The summed E-state index contributed by atoms with van der Waals surface area (Å²) >= 11 is 1.52. The molecule has 0 aliphatic rings. The second-order valence-electron chi connectivity index (χ2n) is 20.2. The van der Waals surface area contributed by atoms with E-state index in [4.69, 9.17) is 28.4 Å². The van der Waals surface area contributed by atoms with E-state index in [9.17, 15) is 28.8 Å². The molecular weight excluding hydrogens is 1270 g/mol. The number of aromatic amines is 6. The van der Waals surface area contributed by atoms with E-state index in [1.54, 1.807) is 120 Å². The number of rotatable bonds is 12. The monoisotopic (exact) mass is 1340 g/mol. The SMILES string of the molecule is COc1c(C)nc(-c2ccn(C)n2)[nH]c1=O.COc1c(C)nc(-c2cn(C)cn2)[nH]c1=O.COc1c(C)nc(-c2cn(C)nn2)[nH]c1=O.COc1c(C)nc(-c2cncn2C)[nH]c1=O.COc1c(C)nc(-c2cnnn2C)[nH]c1=O.COc1c(C)nc(-c2csc(C)n2)[nH]c1=O. The second-order valence-corrected chi connectivity index (χ2v) is 21.2. The summed E-state index contributed by atoms with van der Waals surface area (Å²) in [5.41, 5.74) is 5.33. The smallest absolute Gasteiger partial charge is 0.293 e. The Hall–Kier alpha value is -12.4. The molecule has 0 aliphatic heterocycles. The lowest BCUT2D eigenvalue weighted by molar-refractivity contribution is 0.402. The van der Waals surface area contributed by atoms with Gasteiger partial charge < -0.3 is 67.5 Å². The van der Waals surface area contributed by atoms with Gasteiger partial charge in [0.05, 0.1) is 113 Å². The van der Waals surface area contributed by atoms with Crippen LogP contribution in [0.25, 0.3) is 69.1 Å². The average Bonchev–Trinajstić information content (AvgIpc) is 1.47. The van der Waals surface area contributed by atoms with Gasteiger partial charge in [-0.25, -0.2) is 49.5 Å². The number of aromatic nitrogens is 25. The molecule has 38 heteroatoms. The van der Waals surface area contributed by atoms with Gasteiger partial charge in [0.15, 0.2) is 34.9 Å². The van der Waals surface area contributed by atoms with Crippen molar-refractivity contribution in [1.82, 2.24) is 124 Å². The standard InChI is InChI=1S/3C10H12N4O2.C10H11N3O2S.2C9H11N5O2/c1-6-8(16-3)10(15)13-9(12-6)7-4-14(2)5-11-7;1-6-8(16-3)10(15)13-9(12-6)7-4-11-5-14(7)2;1-6-8(16-3)10(15)12-9(11-6)7-4-5-14(2)13-7;1-5-8(15-3)10(14)13-9(11-5)7-4-16-6(2)12-7;1-5-7(16-3)9(15)11-8(10-5)6-4-14(2)13-12-6;1-5-7(16-3)9(15)12-8(11-5)6-4-10-13-14(6)2/h2*4-5H,1-3H3,(H,12,13,15);4-5H,1-3H3,(H,11,12,15);4H,1-3H3,(H,11,13,14);4H,1-3H3,(H,10,11,15);4H,1-3H3,(H,11,12,15). The van der Waals surface area contributed by atoms with Crippen LogP contribution < -0.4 is 61.8 Å². The van der Waals surface area contributed by atoms with Gasteiger partial charge in [-0.3, -0.25) is 38.1 Å². The summed E-state index contributed by atoms with van der Waals surface area (Å²) < 4.78 is 37.9. The van der Waals surface area contributed by atoms with Crippen LogP contribution in [0.2, 0.25) is 0 Å². The Morgan fingerprint density at radius 3 is 1.12 bits per heavy atom. The highest BCUT2D eigenvalue weighted by Gasteiger charge is 2.17. The van der Waals surface area contributed by atoms with Crippen molar-refractivity contribution in [1.29, 1.82) is 0 Å². The van der Waals surface area contributed by atoms with Crippen molar-refractivity contribution in [3.8, 4) is 104 Å². The van der Waals surface area contributed by atoms with Crippen LogP contribution in [-0.4, -0.2) is 166 Å². The highest BCUT2D eigenvalue weighted by atomic mass is 32.1. The first-order valence-electron chi connectivity index (χ1n) is 28.2. The van der Waals surface area contributed by atoms with E-state index >= 15 is 0 Å². The Kier molecular flexibility index (Phi) is 23.5. The Labute approximate surface area is 547 Å². The predicted octanol–water partition coefficient (Wildman–Crippen LogP) is 2.75. The fourth-order valence-corrected chi connectivity index (χ4v) is 9.31. The number of methoxy groups -OCH3 is 6. The zero-order valence-electron chi connectivity index (χ0n) is 55.5. The Balaban J connectivity index is 0.000000163. The van der Waals surface area contributed by atoms with E-state index in [1.807, 2.05) is 26.4 Å². The molecule has 0 bridgehead atoms. The molecule has 12 aromatic heterocycles. The average molecular weight is 1340 g/mol. The molecule has 0 radical (unpaired) electrons. The fraction of sp³-hybridized carbons (Fsp3) is 0.310. The normalized spacial score (nSPS) is 10.4. The minimum absolute atomic E-state index is 0.215. The number of thiazole rings is 1. The summed E-state index contributed by atoms with van der Waals surface area (Å²) in [7, 11) is 17.6. The number of nitrogens with zero attached hydrogens (tertiary/aromatic N) is 19. The highest BCUT2D eigenvalue weighted by Crippen LogP contribution is 2.22. The molecule has 12 aromatic rings. The largest absolute Gasteiger partial charge is 0.490 e. The molecule has 0 aromatic carbocycles. The molecule has 504 valence electrons. The lowest BCUT2D eigenvalue weighted by atomic mass is 10.3. The highest BCUT2D eigenvalue weighted by molar-refractivity contribution is 7.09. The third kappa shape index (κ3) is 17.2. The Bertz CT molecular complexity index is 4520. The molecule has 0 fully saturated rings. The van der Waals surface area contributed by atoms with E-state index in [2.05, 4.69) is 100 Å². The van der Waals surface area contributed by atoms with E-state index < -0.39 is 0 Å². The maximum absolute atomic E-state index is 11.6. The van der Waals surface area contributed by atoms with Gasteiger partial charge in [0.25, 0.3) is 33.4 Å². The lowest BCUT2D eigenvalue weighted by Gasteiger charge is -2.05. The van der Waals surface area contributed by atoms with Crippen molar-refractivity contribution in [2.45, 2.75) is 48.5 Å². The summed E-state index contributed by atoms with van der Waals surface area (Å²) in [5.74, 6) is 4.07. The van der Waals surface area contributed by atoms with Crippen LogP contribution in [0.5, 0.6) is 34.5 Å². The van der Waals surface area contributed by atoms with Crippen molar-refractivity contribution in [2.24, 2.45) is 35.2 Å². The lowest BCUT2D eigenvalue weighted by Crippen LogP contribution is -2.14. The van der Waals surface area contributed by atoms with Crippen LogP contribution >= 0.6 is 11.3 Å². The predicted molar refractivity (Wildman–Crippen MR) is 349 cm³/mol. The first kappa shape index (κ1) is 71.1. The van der Waals surface area contributed by atoms with Crippen LogP contribution in [0.3, 0.4) is 0 Å². The van der Waals surface area contributed by atoms with Crippen LogP contribution in [-0.2, 0) is 35.2 Å². The summed E-state index contributed by atoms with van der Waals surface area (Å²) in [4.78, 5) is 123. The minimum Gasteiger partial charge on any atom is -0.490 e. The van der Waals surface area contributed by atoms with Crippen LogP contribution in [0.4, 0.5) is 0 Å². The number of imidazole rings is 2. The number of nitrogens with one attached hydrogen (secondary N) is 6. The molecule has 12 rings (SSSR count). The van der Waals surface area contributed by atoms with Gasteiger partial charge in [-0.2, -0.15) is 5.10 Å². The van der Waals surface area contributed by atoms with Crippen molar-refractivity contribution in [2.75, 3.05) is 42.7 Å². The molecule has 0 amide bonds. The van der Waals surface area contributed by atoms with Crippen LogP contribution in [0.15, 0.2) is 83.9 Å². The van der Waals surface area contributed by atoms with Gasteiger partial charge in [-0.05, 0) is 54.5 Å². The summed E-state index contributed by atoms with van der Waals surface area (Å²) in [6.07, 6.45) is 11.7. The molecular formula is C58H69N25O12S. The molecule has 0 aliphatic carbocycles. The van der Waals surface area contributed by atoms with Gasteiger partial charge in [0, 0.05) is 53.0 Å². The number of H-pyrrole nitrogens is 6. The molecule has 37 nitrogen and oxygen atoms in total. The number of hydrogen-bond acceptors (Lipinski definition) is 27. The third-order valence-corrected chi connectivity index (χ3v) is 13.9. The van der Waals surface area contributed by atoms with E-state index in [-0.39, 0.29) is 67.9 Å². The quantitative estimate of drug-likeness (QED) is 0.102. The van der Waals surface area contributed by atoms with Crippen molar-refractivity contribution in [3.05, 3.63) is 156 Å². The summed E-state index contributed by atoms with van der Waals surface area (Å²) in [6.45, 7) is 12.2. The van der Waals surface area contributed by atoms with Gasteiger partial charge in [-0.15, -0.1) is 21.5 Å². The number of hydrogen-bond donors (Lipinski definition) is 6.